The van der Waals surface area contributed by atoms with Crippen LogP contribution in [0.5, 0.6) is 0 Å². The molecule has 0 amide bonds. The van der Waals surface area contributed by atoms with E-state index in [-0.39, 0.29) is 5.56 Å². The average molecular weight is 186 g/mol. The summed E-state index contributed by atoms with van der Waals surface area (Å²) in [7, 11) is 0. The van der Waals surface area contributed by atoms with Crippen LogP contribution in [0, 0.1) is 6.92 Å². The second-order valence-electron chi connectivity index (χ2n) is 3.16. The number of benzene rings is 1. The number of hydrogen-bond donors (Lipinski definition) is 1. The third-order valence-electron chi connectivity index (χ3n) is 2.03. The number of nitrogens with one attached hydrogen (secondary N) is 1. The van der Waals surface area contributed by atoms with Crippen LogP contribution < -0.4 is 5.56 Å². The fraction of sp³-hybridized carbons (Fsp3) is 0.0909. The molecular weight excluding hydrogens is 176 g/mol. The van der Waals surface area contributed by atoms with E-state index in [1.807, 2.05) is 31.2 Å². The Labute approximate surface area is 81.5 Å². The van der Waals surface area contributed by atoms with Gasteiger partial charge in [0, 0.05) is 11.6 Å². The van der Waals surface area contributed by atoms with Gasteiger partial charge in [-0.3, -0.25) is 4.79 Å². The van der Waals surface area contributed by atoms with Crippen molar-refractivity contribution in [1.82, 2.24) is 9.97 Å². The van der Waals surface area contributed by atoms with Crippen LogP contribution in [0.25, 0.3) is 11.3 Å². The van der Waals surface area contributed by atoms with Crippen molar-refractivity contribution in [2.24, 2.45) is 0 Å². The van der Waals surface area contributed by atoms with Crippen LogP contribution in [0.15, 0.2) is 41.5 Å². The highest BCUT2D eigenvalue weighted by Gasteiger charge is 1.98. The molecule has 1 aromatic carbocycles. The van der Waals surface area contributed by atoms with Gasteiger partial charge in [0.25, 0.3) is 5.56 Å². The Morgan fingerprint density at radius 1 is 1.21 bits per heavy atom. The molecule has 2 rings (SSSR count). The van der Waals surface area contributed by atoms with Gasteiger partial charge in [0.15, 0.2) is 0 Å². The van der Waals surface area contributed by atoms with Gasteiger partial charge >= 0.3 is 0 Å². The quantitative estimate of drug-likeness (QED) is 0.737. The lowest BCUT2D eigenvalue weighted by atomic mass is 10.1. The molecule has 0 saturated heterocycles. The molecule has 0 fully saturated rings. The third kappa shape index (κ3) is 1.71. The summed E-state index contributed by atoms with van der Waals surface area (Å²) in [6.07, 6.45) is 1.41. The summed E-state index contributed by atoms with van der Waals surface area (Å²) < 4.78 is 0. The molecule has 1 N–H and O–H groups in total. The zero-order chi connectivity index (χ0) is 9.97. The Morgan fingerprint density at radius 3 is 2.57 bits per heavy atom. The lowest BCUT2D eigenvalue weighted by Crippen LogP contribution is -2.04. The minimum absolute atomic E-state index is 0.129. The van der Waals surface area contributed by atoms with Gasteiger partial charge in [0.05, 0.1) is 12.0 Å². The van der Waals surface area contributed by atoms with Crippen LogP contribution in [0.1, 0.15) is 5.56 Å². The van der Waals surface area contributed by atoms with Crippen molar-refractivity contribution in [3.63, 3.8) is 0 Å². The fourth-order valence-corrected chi connectivity index (χ4v) is 1.25. The molecule has 1 heterocycles. The second kappa shape index (κ2) is 3.46. The topological polar surface area (TPSA) is 45.8 Å². The molecule has 14 heavy (non-hydrogen) atoms. The molecule has 3 nitrogen and oxygen atoms in total. The first-order valence-electron chi connectivity index (χ1n) is 4.37. The molecule has 2 aromatic rings. The molecular formula is C11H10N2O. The predicted molar refractivity (Wildman–Crippen MR) is 55.0 cm³/mol. The zero-order valence-corrected chi connectivity index (χ0v) is 7.82. The van der Waals surface area contributed by atoms with Crippen molar-refractivity contribution in [2.45, 2.75) is 6.92 Å². The number of aromatic amines is 1. The lowest BCUT2D eigenvalue weighted by Gasteiger charge is -1.99. The second-order valence-corrected chi connectivity index (χ2v) is 3.16. The predicted octanol–water partition coefficient (Wildman–Crippen LogP) is 1.75. The first-order valence-corrected chi connectivity index (χ1v) is 4.37. The van der Waals surface area contributed by atoms with Crippen molar-refractivity contribution in [2.75, 3.05) is 0 Å². The molecule has 0 aliphatic heterocycles. The van der Waals surface area contributed by atoms with Gasteiger partial charge in [0.1, 0.15) is 0 Å². The highest BCUT2D eigenvalue weighted by Crippen LogP contribution is 2.14. The number of hydrogen-bond acceptors (Lipinski definition) is 2. The van der Waals surface area contributed by atoms with Gasteiger partial charge in [-0.2, -0.15) is 0 Å². The summed E-state index contributed by atoms with van der Waals surface area (Å²) >= 11 is 0. The molecule has 0 radical (unpaired) electrons. The van der Waals surface area contributed by atoms with E-state index in [1.165, 1.54) is 18.0 Å². The summed E-state index contributed by atoms with van der Waals surface area (Å²) in [5, 5.41) is 0. The minimum atomic E-state index is -0.129. The third-order valence-corrected chi connectivity index (χ3v) is 2.03. The minimum Gasteiger partial charge on any atom is -0.313 e. The molecule has 3 heteroatoms. The van der Waals surface area contributed by atoms with Crippen molar-refractivity contribution in [1.29, 1.82) is 0 Å². The van der Waals surface area contributed by atoms with E-state index in [9.17, 15) is 4.79 Å². The summed E-state index contributed by atoms with van der Waals surface area (Å²) in [5.74, 6) is 0. The van der Waals surface area contributed by atoms with E-state index in [1.54, 1.807) is 0 Å². The summed E-state index contributed by atoms with van der Waals surface area (Å²) in [6, 6.07) is 9.40. The molecule has 0 atom stereocenters. The van der Waals surface area contributed by atoms with Crippen LogP contribution in [0.4, 0.5) is 0 Å². The van der Waals surface area contributed by atoms with E-state index >= 15 is 0 Å². The summed E-state index contributed by atoms with van der Waals surface area (Å²) in [6.45, 7) is 2.02. The maximum atomic E-state index is 11.0. The fourth-order valence-electron chi connectivity index (χ4n) is 1.25. The van der Waals surface area contributed by atoms with Crippen LogP contribution in [0.3, 0.4) is 0 Å². The Balaban J connectivity index is 2.50. The van der Waals surface area contributed by atoms with E-state index in [0.717, 1.165) is 5.56 Å². The van der Waals surface area contributed by atoms with E-state index in [4.69, 9.17) is 0 Å². The number of nitrogens with zero attached hydrogens (tertiary/aromatic N) is 1. The van der Waals surface area contributed by atoms with Gasteiger partial charge in [0.2, 0.25) is 0 Å². The van der Waals surface area contributed by atoms with Gasteiger partial charge in [-0.15, -0.1) is 0 Å². The van der Waals surface area contributed by atoms with Crippen molar-refractivity contribution < 1.29 is 0 Å². The van der Waals surface area contributed by atoms with Gasteiger partial charge in [-0.25, -0.2) is 4.98 Å². The Kier molecular flexibility index (Phi) is 2.14. The summed E-state index contributed by atoms with van der Waals surface area (Å²) in [4.78, 5) is 17.6. The van der Waals surface area contributed by atoms with Crippen molar-refractivity contribution in [3.05, 3.63) is 52.6 Å². The van der Waals surface area contributed by atoms with Crippen molar-refractivity contribution in [3.8, 4) is 11.3 Å². The van der Waals surface area contributed by atoms with Crippen LogP contribution >= 0.6 is 0 Å². The SMILES string of the molecule is Cc1ccc(-c2cc(=O)[nH]cn2)cc1. The number of H-pyrrole nitrogens is 1. The molecule has 0 bridgehead atoms. The van der Waals surface area contributed by atoms with E-state index < -0.39 is 0 Å². The standard InChI is InChI=1S/C11H10N2O/c1-8-2-4-9(5-3-8)10-6-11(14)13-7-12-10/h2-7H,1H3,(H,12,13,14). The Bertz CT molecular complexity index is 485. The highest BCUT2D eigenvalue weighted by atomic mass is 16.1. The smallest absolute Gasteiger partial charge is 0.251 e. The Hall–Kier alpha value is -1.90. The first-order chi connectivity index (χ1) is 6.75. The first kappa shape index (κ1) is 8.69. The van der Waals surface area contributed by atoms with Crippen molar-refractivity contribution >= 4 is 0 Å². The highest BCUT2D eigenvalue weighted by molar-refractivity contribution is 5.58. The molecule has 70 valence electrons. The van der Waals surface area contributed by atoms with E-state index in [0.29, 0.717) is 5.69 Å². The Morgan fingerprint density at radius 2 is 1.93 bits per heavy atom. The zero-order valence-electron chi connectivity index (χ0n) is 7.82. The maximum Gasteiger partial charge on any atom is 0.251 e. The number of aryl methyl sites for hydroxylation is 1. The molecule has 0 aliphatic carbocycles. The number of rotatable bonds is 1. The van der Waals surface area contributed by atoms with Gasteiger partial charge in [-0.1, -0.05) is 29.8 Å². The lowest BCUT2D eigenvalue weighted by molar-refractivity contribution is 1.12. The largest absolute Gasteiger partial charge is 0.313 e. The van der Waals surface area contributed by atoms with E-state index in [2.05, 4.69) is 9.97 Å². The molecule has 0 spiro atoms. The summed E-state index contributed by atoms with van der Waals surface area (Å²) in [5.41, 5.74) is 2.73. The number of aromatic nitrogens is 2. The molecule has 0 unspecified atom stereocenters. The monoisotopic (exact) mass is 186 g/mol. The maximum absolute atomic E-state index is 11.0. The molecule has 1 aromatic heterocycles. The normalized spacial score (nSPS) is 10.1. The average Bonchev–Trinajstić information content (AvgIpc) is 2.19. The van der Waals surface area contributed by atoms with Crippen LogP contribution in [-0.2, 0) is 0 Å². The van der Waals surface area contributed by atoms with Gasteiger partial charge in [-0.05, 0) is 6.92 Å². The van der Waals surface area contributed by atoms with Crippen LogP contribution in [0.2, 0.25) is 0 Å². The molecule has 0 saturated carbocycles. The van der Waals surface area contributed by atoms with Gasteiger partial charge < -0.3 is 4.98 Å². The molecule has 0 aliphatic rings. The van der Waals surface area contributed by atoms with Crippen LogP contribution in [-0.4, -0.2) is 9.97 Å².